The normalized spacial score (nSPS) is 21.1. The van der Waals surface area contributed by atoms with E-state index in [9.17, 15) is 13.2 Å². The fourth-order valence-electron chi connectivity index (χ4n) is 3.65. The van der Waals surface area contributed by atoms with Gasteiger partial charge in [0.2, 0.25) is 15.9 Å². The zero-order valence-corrected chi connectivity index (χ0v) is 16.8. The van der Waals surface area contributed by atoms with Crippen LogP contribution in [0.15, 0.2) is 33.6 Å². The summed E-state index contributed by atoms with van der Waals surface area (Å²) in [6, 6.07) is 6.72. The van der Waals surface area contributed by atoms with Crippen LogP contribution in [-0.4, -0.2) is 49.7 Å². The van der Waals surface area contributed by atoms with E-state index in [1.165, 1.54) is 17.1 Å². The molecular formula is C18H25BrN2O3S. The number of nitrogens with zero attached hydrogens (tertiary/aromatic N) is 2. The van der Waals surface area contributed by atoms with Crippen molar-refractivity contribution in [2.45, 2.75) is 43.4 Å². The molecule has 1 amide bonds. The summed E-state index contributed by atoms with van der Waals surface area (Å²) in [7, 11) is -3.47. The summed E-state index contributed by atoms with van der Waals surface area (Å²) in [6.07, 6.45) is 5.81. The second-order valence-corrected chi connectivity index (χ2v) is 9.73. The highest BCUT2D eigenvalue weighted by Gasteiger charge is 2.33. The maximum atomic E-state index is 12.7. The van der Waals surface area contributed by atoms with Gasteiger partial charge in [-0.15, -0.1) is 0 Å². The maximum Gasteiger partial charge on any atom is 0.243 e. The van der Waals surface area contributed by atoms with Crippen molar-refractivity contribution in [2.75, 3.05) is 26.2 Å². The number of hydrogen-bond acceptors (Lipinski definition) is 3. The lowest BCUT2D eigenvalue weighted by atomic mass is 9.96. The van der Waals surface area contributed by atoms with E-state index in [2.05, 4.69) is 15.9 Å². The van der Waals surface area contributed by atoms with Crippen molar-refractivity contribution in [3.8, 4) is 0 Å². The van der Waals surface area contributed by atoms with Gasteiger partial charge in [-0.2, -0.15) is 4.31 Å². The monoisotopic (exact) mass is 428 g/mol. The molecular weight excluding hydrogens is 404 g/mol. The van der Waals surface area contributed by atoms with Crippen LogP contribution < -0.4 is 0 Å². The second-order valence-electron chi connectivity index (χ2n) is 6.87. The van der Waals surface area contributed by atoms with Gasteiger partial charge >= 0.3 is 0 Å². The predicted molar refractivity (Wildman–Crippen MR) is 101 cm³/mol. The largest absolute Gasteiger partial charge is 0.342 e. The van der Waals surface area contributed by atoms with Crippen LogP contribution in [0.3, 0.4) is 0 Å². The number of likely N-dealkylation sites (tertiary alicyclic amines) is 1. The number of hydrogen-bond donors (Lipinski definition) is 0. The molecule has 2 aliphatic heterocycles. The molecule has 2 heterocycles. The van der Waals surface area contributed by atoms with Crippen molar-refractivity contribution in [3.63, 3.8) is 0 Å². The van der Waals surface area contributed by atoms with Crippen LogP contribution in [0.4, 0.5) is 0 Å². The van der Waals surface area contributed by atoms with Gasteiger partial charge in [-0.3, -0.25) is 4.79 Å². The van der Waals surface area contributed by atoms with Gasteiger partial charge < -0.3 is 4.90 Å². The topological polar surface area (TPSA) is 57.7 Å². The first kappa shape index (κ1) is 18.9. The summed E-state index contributed by atoms with van der Waals surface area (Å²) in [4.78, 5) is 15.0. The van der Waals surface area contributed by atoms with Gasteiger partial charge in [-0.05, 0) is 49.9 Å². The van der Waals surface area contributed by atoms with Crippen molar-refractivity contribution < 1.29 is 13.2 Å². The molecule has 2 aliphatic rings. The van der Waals surface area contributed by atoms with E-state index in [0.717, 1.165) is 30.4 Å². The number of piperidine rings is 1. The lowest BCUT2D eigenvalue weighted by molar-refractivity contribution is -0.136. The van der Waals surface area contributed by atoms with Gasteiger partial charge in [-0.25, -0.2) is 8.42 Å². The van der Waals surface area contributed by atoms with Crippen molar-refractivity contribution >= 4 is 31.9 Å². The highest BCUT2D eigenvalue weighted by Crippen LogP contribution is 2.26. The first-order valence-electron chi connectivity index (χ1n) is 9.03. The SMILES string of the molecule is O=C(C1CCN(S(=O)(=O)c2ccc(Br)cc2)CC1)N1CCCCCC1. The Morgan fingerprint density at radius 3 is 2.04 bits per heavy atom. The summed E-state index contributed by atoms with van der Waals surface area (Å²) in [6.45, 7) is 2.55. The first-order valence-corrected chi connectivity index (χ1v) is 11.3. The smallest absolute Gasteiger partial charge is 0.243 e. The van der Waals surface area contributed by atoms with Crippen LogP contribution in [0.5, 0.6) is 0 Å². The molecule has 0 aromatic heterocycles. The summed E-state index contributed by atoms with van der Waals surface area (Å²) < 4.78 is 27.8. The van der Waals surface area contributed by atoms with Gasteiger partial charge in [-0.1, -0.05) is 28.8 Å². The summed E-state index contributed by atoms with van der Waals surface area (Å²) in [5, 5.41) is 0. The average molecular weight is 429 g/mol. The number of benzene rings is 1. The molecule has 5 nitrogen and oxygen atoms in total. The number of carbonyl (C=O) groups is 1. The zero-order valence-electron chi connectivity index (χ0n) is 14.4. The number of halogens is 1. The molecule has 1 aromatic carbocycles. The Hall–Kier alpha value is -0.920. The number of carbonyl (C=O) groups excluding carboxylic acids is 1. The molecule has 2 saturated heterocycles. The number of sulfonamides is 1. The molecule has 0 saturated carbocycles. The Morgan fingerprint density at radius 2 is 1.48 bits per heavy atom. The van der Waals surface area contributed by atoms with Crippen LogP contribution in [0.25, 0.3) is 0 Å². The zero-order chi connectivity index (χ0) is 17.9. The van der Waals surface area contributed by atoms with Gasteiger partial charge in [0, 0.05) is 36.6 Å². The minimum atomic E-state index is -3.47. The molecule has 0 spiro atoms. The fraction of sp³-hybridized carbons (Fsp3) is 0.611. The molecule has 0 bridgehead atoms. The molecule has 2 fully saturated rings. The molecule has 0 unspecified atom stereocenters. The number of rotatable bonds is 3. The van der Waals surface area contributed by atoms with Crippen LogP contribution in [0, 0.1) is 5.92 Å². The van der Waals surface area contributed by atoms with Crippen LogP contribution in [-0.2, 0) is 14.8 Å². The van der Waals surface area contributed by atoms with Gasteiger partial charge in [0.1, 0.15) is 0 Å². The van der Waals surface area contributed by atoms with Crippen molar-refractivity contribution in [1.29, 1.82) is 0 Å². The second kappa shape index (κ2) is 8.18. The predicted octanol–water partition coefficient (Wildman–Crippen LogP) is 3.25. The van der Waals surface area contributed by atoms with Crippen LogP contribution in [0.1, 0.15) is 38.5 Å². The summed E-state index contributed by atoms with van der Waals surface area (Å²) in [5.41, 5.74) is 0. The molecule has 0 N–H and O–H groups in total. The molecule has 138 valence electrons. The minimum Gasteiger partial charge on any atom is -0.342 e. The number of amides is 1. The molecule has 0 radical (unpaired) electrons. The highest BCUT2D eigenvalue weighted by atomic mass is 79.9. The lowest BCUT2D eigenvalue weighted by Gasteiger charge is -2.33. The molecule has 7 heteroatoms. The maximum absolute atomic E-state index is 12.7. The Morgan fingerprint density at radius 1 is 0.920 bits per heavy atom. The lowest BCUT2D eigenvalue weighted by Crippen LogP contribution is -2.44. The van der Waals surface area contributed by atoms with E-state index < -0.39 is 10.0 Å². The van der Waals surface area contributed by atoms with Crippen LogP contribution >= 0.6 is 15.9 Å². The standard InChI is InChI=1S/C18H25BrN2O3S/c19-16-5-7-17(8-6-16)25(23,24)21-13-9-15(10-14-21)18(22)20-11-3-1-2-4-12-20/h5-8,15H,1-4,9-14H2. The quantitative estimate of drug-likeness (QED) is 0.741. The van der Waals surface area contributed by atoms with Gasteiger partial charge in [0.15, 0.2) is 0 Å². The summed E-state index contributed by atoms with van der Waals surface area (Å²) >= 11 is 3.32. The Labute approximate surface area is 158 Å². The van der Waals surface area contributed by atoms with E-state index in [4.69, 9.17) is 0 Å². The van der Waals surface area contributed by atoms with E-state index in [1.807, 2.05) is 4.90 Å². The Kier molecular flexibility index (Phi) is 6.17. The van der Waals surface area contributed by atoms with Gasteiger partial charge in [0.05, 0.1) is 4.90 Å². The Balaban J connectivity index is 1.61. The third-order valence-electron chi connectivity index (χ3n) is 5.17. The fourth-order valence-corrected chi connectivity index (χ4v) is 5.38. The van der Waals surface area contributed by atoms with Crippen molar-refractivity contribution in [1.82, 2.24) is 9.21 Å². The molecule has 25 heavy (non-hydrogen) atoms. The third-order valence-corrected chi connectivity index (χ3v) is 7.61. The third kappa shape index (κ3) is 4.44. The first-order chi connectivity index (χ1) is 12.0. The van der Waals surface area contributed by atoms with Crippen LogP contribution in [0.2, 0.25) is 0 Å². The van der Waals surface area contributed by atoms with Crippen molar-refractivity contribution in [3.05, 3.63) is 28.7 Å². The minimum absolute atomic E-state index is 0.0329. The highest BCUT2D eigenvalue weighted by molar-refractivity contribution is 9.10. The Bertz CT molecular complexity index is 690. The van der Waals surface area contributed by atoms with E-state index in [0.29, 0.717) is 30.8 Å². The molecule has 1 aromatic rings. The van der Waals surface area contributed by atoms with Gasteiger partial charge in [0.25, 0.3) is 0 Å². The van der Waals surface area contributed by atoms with Crippen molar-refractivity contribution in [2.24, 2.45) is 5.92 Å². The summed E-state index contributed by atoms with van der Waals surface area (Å²) in [5.74, 6) is 0.192. The van der Waals surface area contributed by atoms with E-state index in [-0.39, 0.29) is 11.8 Å². The molecule has 0 aliphatic carbocycles. The average Bonchev–Trinajstić information content (AvgIpc) is 2.91. The van der Waals surface area contributed by atoms with E-state index in [1.54, 1.807) is 24.3 Å². The van der Waals surface area contributed by atoms with E-state index >= 15 is 0 Å². The molecule has 3 rings (SSSR count). The molecule has 0 atom stereocenters.